The summed E-state index contributed by atoms with van der Waals surface area (Å²) in [6, 6.07) is 26.6. The van der Waals surface area contributed by atoms with E-state index in [1.54, 1.807) is 6.20 Å². The van der Waals surface area contributed by atoms with Gasteiger partial charge in [-0.15, -0.1) is 0 Å². The monoisotopic (exact) mass is 393 g/mol. The van der Waals surface area contributed by atoms with Gasteiger partial charge in [-0.05, 0) is 60.5 Å². The van der Waals surface area contributed by atoms with E-state index >= 15 is 0 Å². The standard InChI is InChI=1S/C25H16ClN3/c1-16-5-10-21-22-4-2-3-20(18-11-12-28-24(26)14-18)25(22)29(23(21)13-16)19-8-6-17(15-27)7-9-19/h2-14H,1H3. The van der Waals surface area contributed by atoms with Gasteiger partial charge in [0.25, 0.3) is 0 Å². The third-order valence-electron chi connectivity index (χ3n) is 5.24. The average molecular weight is 394 g/mol. The van der Waals surface area contributed by atoms with Crippen molar-refractivity contribution in [2.24, 2.45) is 0 Å². The first-order valence-electron chi connectivity index (χ1n) is 9.32. The Morgan fingerprint density at radius 2 is 1.76 bits per heavy atom. The van der Waals surface area contributed by atoms with Gasteiger partial charge in [-0.25, -0.2) is 4.98 Å². The summed E-state index contributed by atoms with van der Waals surface area (Å²) >= 11 is 6.19. The van der Waals surface area contributed by atoms with E-state index in [-0.39, 0.29) is 0 Å². The van der Waals surface area contributed by atoms with E-state index in [2.05, 4.69) is 58.9 Å². The molecule has 5 aromatic rings. The Kier molecular flexibility index (Phi) is 4.08. The van der Waals surface area contributed by atoms with Crippen molar-refractivity contribution in [2.45, 2.75) is 6.92 Å². The highest BCUT2D eigenvalue weighted by atomic mass is 35.5. The Morgan fingerprint density at radius 3 is 2.52 bits per heavy atom. The largest absolute Gasteiger partial charge is 0.309 e. The van der Waals surface area contributed by atoms with E-state index in [0.717, 1.165) is 27.8 Å². The lowest BCUT2D eigenvalue weighted by Crippen LogP contribution is -1.96. The van der Waals surface area contributed by atoms with Crippen molar-refractivity contribution in [1.29, 1.82) is 5.26 Å². The van der Waals surface area contributed by atoms with Crippen molar-refractivity contribution in [2.75, 3.05) is 0 Å². The molecule has 0 saturated heterocycles. The molecule has 0 unspecified atom stereocenters. The smallest absolute Gasteiger partial charge is 0.129 e. The first kappa shape index (κ1) is 17.5. The van der Waals surface area contributed by atoms with Crippen molar-refractivity contribution in [3.63, 3.8) is 0 Å². The number of fused-ring (bicyclic) bond motifs is 3. The molecule has 29 heavy (non-hydrogen) atoms. The summed E-state index contributed by atoms with van der Waals surface area (Å²) in [5, 5.41) is 12.0. The first-order valence-corrected chi connectivity index (χ1v) is 9.70. The molecule has 0 radical (unpaired) electrons. The van der Waals surface area contributed by atoms with Gasteiger partial charge in [-0.1, -0.05) is 41.9 Å². The van der Waals surface area contributed by atoms with Crippen LogP contribution in [0.4, 0.5) is 0 Å². The predicted octanol–water partition coefficient (Wildman–Crippen LogP) is 6.68. The van der Waals surface area contributed by atoms with Gasteiger partial charge in [-0.3, -0.25) is 0 Å². The Bertz CT molecular complexity index is 1420. The summed E-state index contributed by atoms with van der Waals surface area (Å²) in [6.07, 6.45) is 1.73. The maximum absolute atomic E-state index is 9.18. The molecule has 0 aliphatic heterocycles. The number of nitriles is 1. The maximum Gasteiger partial charge on any atom is 0.129 e. The maximum atomic E-state index is 9.18. The molecule has 4 heteroatoms. The molecule has 0 N–H and O–H groups in total. The molecule has 2 heterocycles. The second-order valence-electron chi connectivity index (χ2n) is 7.08. The Balaban J connectivity index is 1.94. The van der Waals surface area contributed by atoms with Gasteiger partial charge in [0.1, 0.15) is 5.15 Å². The molecule has 0 atom stereocenters. The molecule has 0 spiro atoms. The second-order valence-corrected chi connectivity index (χ2v) is 7.47. The number of pyridine rings is 1. The minimum Gasteiger partial charge on any atom is -0.309 e. The van der Waals surface area contributed by atoms with Crippen LogP contribution in [-0.4, -0.2) is 9.55 Å². The molecule has 0 bridgehead atoms. The van der Waals surface area contributed by atoms with Crippen molar-refractivity contribution in [1.82, 2.24) is 9.55 Å². The van der Waals surface area contributed by atoms with E-state index in [1.165, 1.54) is 16.3 Å². The number of benzene rings is 3. The Hall–Kier alpha value is -3.61. The Morgan fingerprint density at radius 1 is 0.931 bits per heavy atom. The fourth-order valence-electron chi connectivity index (χ4n) is 3.93. The first-order chi connectivity index (χ1) is 14.2. The van der Waals surface area contributed by atoms with E-state index < -0.39 is 0 Å². The minimum atomic E-state index is 0.469. The Labute approximate surface area is 173 Å². The fourth-order valence-corrected chi connectivity index (χ4v) is 4.11. The molecular weight excluding hydrogens is 378 g/mol. The van der Waals surface area contributed by atoms with Gasteiger partial charge in [0, 0.05) is 28.2 Å². The molecule has 0 saturated carbocycles. The normalized spacial score (nSPS) is 11.1. The van der Waals surface area contributed by atoms with Crippen molar-refractivity contribution >= 4 is 33.4 Å². The van der Waals surface area contributed by atoms with Crippen molar-refractivity contribution in [3.8, 4) is 22.9 Å². The number of aryl methyl sites for hydroxylation is 1. The van der Waals surface area contributed by atoms with Crippen LogP contribution >= 0.6 is 11.6 Å². The van der Waals surface area contributed by atoms with Gasteiger partial charge >= 0.3 is 0 Å². The van der Waals surface area contributed by atoms with Crippen molar-refractivity contribution < 1.29 is 0 Å². The number of hydrogen-bond donors (Lipinski definition) is 0. The highest BCUT2D eigenvalue weighted by Crippen LogP contribution is 2.38. The van der Waals surface area contributed by atoms with Crippen LogP contribution in [0.1, 0.15) is 11.1 Å². The summed E-state index contributed by atoms with van der Waals surface area (Å²) in [4.78, 5) is 4.13. The fraction of sp³-hybridized carbons (Fsp3) is 0.0400. The van der Waals surface area contributed by atoms with Crippen LogP contribution < -0.4 is 0 Å². The zero-order valence-electron chi connectivity index (χ0n) is 15.7. The molecule has 3 aromatic carbocycles. The second kappa shape index (κ2) is 6.77. The molecule has 3 nitrogen and oxygen atoms in total. The predicted molar refractivity (Wildman–Crippen MR) is 118 cm³/mol. The van der Waals surface area contributed by atoms with Crippen LogP contribution in [0.3, 0.4) is 0 Å². The molecule has 2 aromatic heterocycles. The minimum absolute atomic E-state index is 0.469. The van der Waals surface area contributed by atoms with E-state index in [1.807, 2.05) is 36.4 Å². The molecule has 0 aliphatic rings. The lowest BCUT2D eigenvalue weighted by atomic mass is 10.0. The van der Waals surface area contributed by atoms with Crippen LogP contribution in [0, 0.1) is 18.3 Å². The molecule has 0 aliphatic carbocycles. The van der Waals surface area contributed by atoms with Crippen LogP contribution in [0.15, 0.2) is 79.0 Å². The molecule has 5 rings (SSSR count). The third-order valence-corrected chi connectivity index (χ3v) is 5.44. The van der Waals surface area contributed by atoms with Gasteiger partial charge in [0.15, 0.2) is 0 Å². The van der Waals surface area contributed by atoms with E-state index in [4.69, 9.17) is 11.6 Å². The molecular formula is C25H16ClN3. The summed E-state index contributed by atoms with van der Waals surface area (Å²) in [7, 11) is 0. The number of hydrogen-bond acceptors (Lipinski definition) is 2. The highest BCUT2D eigenvalue weighted by Gasteiger charge is 2.16. The number of halogens is 1. The van der Waals surface area contributed by atoms with Gasteiger partial charge < -0.3 is 4.57 Å². The third kappa shape index (κ3) is 2.86. The summed E-state index contributed by atoms with van der Waals surface area (Å²) < 4.78 is 2.27. The van der Waals surface area contributed by atoms with Crippen molar-refractivity contribution in [3.05, 3.63) is 95.3 Å². The average Bonchev–Trinajstić information content (AvgIpc) is 3.07. The summed E-state index contributed by atoms with van der Waals surface area (Å²) in [5.41, 5.74) is 7.21. The van der Waals surface area contributed by atoms with Gasteiger partial charge in [0.2, 0.25) is 0 Å². The summed E-state index contributed by atoms with van der Waals surface area (Å²) in [6.45, 7) is 2.10. The quantitative estimate of drug-likeness (QED) is 0.314. The van der Waals surface area contributed by atoms with Gasteiger partial charge in [-0.2, -0.15) is 5.26 Å². The van der Waals surface area contributed by atoms with Crippen LogP contribution in [0.5, 0.6) is 0 Å². The SMILES string of the molecule is Cc1ccc2c3cccc(-c4ccnc(Cl)c4)c3n(-c3ccc(C#N)cc3)c2c1. The number of nitrogens with zero attached hydrogens (tertiary/aromatic N) is 3. The zero-order valence-corrected chi connectivity index (χ0v) is 16.5. The number of para-hydroxylation sites is 1. The zero-order chi connectivity index (χ0) is 20.0. The van der Waals surface area contributed by atoms with Crippen LogP contribution in [0.2, 0.25) is 5.15 Å². The van der Waals surface area contributed by atoms with E-state index in [0.29, 0.717) is 10.7 Å². The van der Waals surface area contributed by atoms with Crippen LogP contribution in [0.25, 0.3) is 38.6 Å². The molecule has 138 valence electrons. The number of rotatable bonds is 2. The van der Waals surface area contributed by atoms with Gasteiger partial charge in [0.05, 0.1) is 22.7 Å². The van der Waals surface area contributed by atoms with E-state index in [9.17, 15) is 5.26 Å². The molecule has 0 amide bonds. The lowest BCUT2D eigenvalue weighted by Gasteiger charge is -2.12. The highest BCUT2D eigenvalue weighted by molar-refractivity contribution is 6.29. The number of aromatic nitrogens is 2. The topological polar surface area (TPSA) is 41.6 Å². The van der Waals surface area contributed by atoms with Crippen LogP contribution in [-0.2, 0) is 0 Å². The lowest BCUT2D eigenvalue weighted by molar-refractivity contribution is 1.17. The summed E-state index contributed by atoms with van der Waals surface area (Å²) in [5.74, 6) is 0. The molecule has 0 fully saturated rings.